The van der Waals surface area contributed by atoms with Gasteiger partial charge < -0.3 is 8.98 Å². The molecule has 262 valence electrons. The van der Waals surface area contributed by atoms with Crippen molar-refractivity contribution in [3.63, 3.8) is 0 Å². The Balaban J connectivity index is 1.00. The van der Waals surface area contributed by atoms with Gasteiger partial charge in [-0.2, -0.15) is 0 Å². The molecule has 0 unspecified atom stereocenters. The molecule has 4 heterocycles. The highest BCUT2D eigenvalue weighted by atomic mass is 16.3. The zero-order valence-electron chi connectivity index (χ0n) is 30.0. The normalized spacial score (nSPS) is 11.6. The zero-order chi connectivity index (χ0) is 37.0. The summed E-state index contributed by atoms with van der Waals surface area (Å²) < 4.78 is 8.72. The van der Waals surface area contributed by atoms with Gasteiger partial charge in [0.05, 0.1) is 11.0 Å². The summed E-state index contributed by atoms with van der Waals surface area (Å²) in [6.07, 6.45) is 3.65. The first-order valence-corrected chi connectivity index (χ1v) is 18.6. The van der Waals surface area contributed by atoms with Crippen LogP contribution < -0.4 is 0 Å². The van der Waals surface area contributed by atoms with Crippen LogP contribution in [0.4, 0.5) is 0 Å². The number of nitrogens with zero attached hydrogens (tertiary/aromatic N) is 5. The van der Waals surface area contributed by atoms with Gasteiger partial charge in [0.1, 0.15) is 11.2 Å². The van der Waals surface area contributed by atoms with Crippen LogP contribution in [0, 0.1) is 0 Å². The maximum Gasteiger partial charge on any atom is 0.164 e. The van der Waals surface area contributed by atoms with E-state index in [1.807, 2.05) is 54.7 Å². The molecule has 0 N–H and O–H groups in total. The summed E-state index contributed by atoms with van der Waals surface area (Å²) >= 11 is 0. The SMILES string of the molecule is c1ccc(-c2nc(-c3ccc(-c4cccnc4)cc3)nc(-c3ccc(-c4ccc5c(c4)c4cc6oc7ccccc7c6cc4n5-c4ccccc4)cc3)n2)cc1. The minimum atomic E-state index is 0.618. The van der Waals surface area contributed by atoms with Crippen LogP contribution in [0.25, 0.3) is 106 Å². The van der Waals surface area contributed by atoms with Gasteiger partial charge in [-0.1, -0.05) is 127 Å². The topological polar surface area (TPSA) is 69.6 Å². The highest BCUT2D eigenvalue weighted by molar-refractivity contribution is 6.17. The van der Waals surface area contributed by atoms with Crippen molar-refractivity contribution in [1.82, 2.24) is 24.5 Å². The Labute approximate surface area is 322 Å². The minimum absolute atomic E-state index is 0.618. The van der Waals surface area contributed by atoms with Gasteiger partial charge in [0.25, 0.3) is 0 Å². The molecular formula is C50H31N5O. The Morgan fingerprint density at radius 1 is 0.357 bits per heavy atom. The first-order chi connectivity index (χ1) is 27.7. The maximum absolute atomic E-state index is 6.36. The van der Waals surface area contributed by atoms with E-state index < -0.39 is 0 Å². The Morgan fingerprint density at radius 3 is 1.59 bits per heavy atom. The van der Waals surface area contributed by atoms with Crippen LogP contribution in [-0.4, -0.2) is 24.5 Å². The molecule has 0 saturated heterocycles. The van der Waals surface area contributed by atoms with E-state index in [4.69, 9.17) is 19.4 Å². The number of para-hydroxylation sites is 2. The van der Waals surface area contributed by atoms with Gasteiger partial charge >= 0.3 is 0 Å². The van der Waals surface area contributed by atoms with Crippen molar-refractivity contribution in [2.24, 2.45) is 0 Å². The van der Waals surface area contributed by atoms with Crippen LogP contribution in [0.5, 0.6) is 0 Å². The molecule has 11 rings (SSSR count). The average molecular weight is 718 g/mol. The predicted molar refractivity (Wildman–Crippen MR) is 226 cm³/mol. The number of hydrogen-bond acceptors (Lipinski definition) is 5. The summed E-state index contributed by atoms with van der Waals surface area (Å²) in [6, 6.07) is 60.9. The molecule has 56 heavy (non-hydrogen) atoms. The Hall–Kier alpha value is -7.70. The van der Waals surface area contributed by atoms with Crippen LogP contribution >= 0.6 is 0 Å². The van der Waals surface area contributed by atoms with E-state index in [-0.39, 0.29) is 0 Å². The molecule has 4 aromatic heterocycles. The maximum atomic E-state index is 6.36. The average Bonchev–Trinajstić information content (AvgIpc) is 3.80. The third-order valence-electron chi connectivity index (χ3n) is 10.6. The zero-order valence-corrected chi connectivity index (χ0v) is 30.0. The molecule has 0 aliphatic carbocycles. The number of fused-ring (bicyclic) bond motifs is 6. The van der Waals surface area contributed by atoms with Crippen LogP contribution in [0.15, 0.2) is 193 Å². The van der Waals surface area contributed by atoms with Crippen molar-refractivity contribution in [3.05, 3.63) is 188 Å². The lowest BCUT2D eigenvalue weighted by Gasteiger charge is -2.10. The third kappa shape index (κ3) is 5.43. The van der Waals surface area contributed by atoms with Gasteiger partial charge in [-0.3, -0.25) is 4.98 Å². The van der Waals surface area contributed by atoms with Crippen LogP contribution in [-0.2, 0) is 0 Å². The lowest BCUT2D eigenvalue weighted by molar-refractivity contribution is 0.669. The van der Waals surface area contributed by atoms with E-state index in [0.717, 1.165) is 88.4 Å². The molecule has 7 aromatic carbocycles. The van der Waals surface area contributed by atoms with E-state index in [1.165, 1.54) is 0 Å². The van der Waals surface area contributed by atoms with Gasteiger partial charge in [0.2, 0.25) is 0 Å². The fourth-order valence-electron chi connectivity index (χ4n) is 7.78. The van der Waals surface area contributed by atoms with Crippen molar-refractivity contribution in [1.29, 1.82) is 0 Å². The molecule has 6 nitrogen and oxygen atoms in total. The Morgan fingerprint density at radius 2 is 0.911 bits per heavy atom. The summed E-state index contributed by atoms with van der Waals surface area (Å²) in [4.78, 5) is 19.2. The fraction of sp³-hybridized carbons (Fsp3) is 0. The van der Waals surface area contributed by atoms with Crippen molar-refractivity contribution in [3.8, 4) is 62.1 Å². The first-order valence-electron chi connectivity index (χ1n) is 18.6. The molecule has 6 heteroatoms. The summed E-state index contributed by atoms with van der Waals surface area (Å²) in [5.74, 6) is 1.87. The molecule has 0 aliphatic rings. The highest BCUT2D eigenvalue weighted by Crippen LogP contribution is 2.40. The second-order valence-electron chi connectivity index (χ2n) is 13.9. The van der Waals surface area contributed by atoms with Crippen LogP contribution in [0.3, 0.4) is 0 Å². The molecule has 0 radical (unpaired) electrons. The number of aromatic nitrogens is 5. The summed E-state index contributed by atoms with van der Waals surface area (Å²) in [6.45, 7) is 0. The minimum Gasteiger partial charge on any atom is -0.456 e. The third-order valence-corrected chi connectivity index (χ3v) is 10.6. The number of hydrogen-bond donors (Lipinski definition) is 0. The molecule has 0 atom stereocenters. The predicted octanol–water partition coefficient (Wildman–Crippen LogP) is 12.6. The standard InChI is InChI=1S/C50H31N5O/c1-3-10-34(11-4-1)48-52-49(54-50(53-48)36-23-19-33(20-24-36)38-12-9-27-51-31-38)35-21-17-32(18-22-35)37-25-26-44-41(28-37)42-30-47-43(40-15-7-8-16-46(40)56-47)29-45(42)55(44)39-13-5-2-6-14-39/h1-31H. The van der Waals surface area contributed by atoms with Gasteiger partial charge in [0, 0.05) is 56.3 Å². The number of pyridine rings is 1. The lowest BCUT2D eigenvalue weighted by atomic mass is 10.0. The second kappa shape index (κ2) is 13.0. The number of furan rings is 1. The van der Waals surface area contributed by atoms with Gasteiger partial charge in [-0.15, -0.1) is 0 Å². The number of rotatable bonds is 6. The molecule has 0 saturated carbocycles. The van der Waals surface area contributed by atoms with E-state index in [2.05, 4.69) is 137 Å². The molecule has 0 aliphatic heterocycles. The van der Waals surface area contributed by atoms with E-state index in [1.54, 1.807) is 6.20 Å². The van der Waals surface area contributed by atoms with Crippen molar-refractivity contribution in [2.75, 3.05) is 0 Å². The quantitative estimate of drug-likeness (QED) is 0.171. The Kier molecular flexibility index (Phi) is 7.38. The molecule has 11 aromatic rings. The molecule has 0 fully saturated rings. The molecule has 0 amide bonds. The molecule has 0 bridgehead atoms. The van der Waals surface area contributed by atoms with Gasteiger partial charge in [-0.25, -0.2) is 15.0 Å². The summed E-state index contributed by atoms with van der Waals surface area (Å²) in [7, 11) is 0. The van der Waals surface area contributed by atoms with Crippen molar-refractivity contribution >= 4 is 43.7 Å². The summed E-state index contributed by atoms with van der Waals surface area (Å²) in [5, 5.41) is 4.54. The van der Waals surface area contributed by atoms with Crippen LogP contribution in [0.1, 0.15) is 0 Å². The van der Waals surface area contributed by atoms with Crippen molar-refractivity contribution < 1.29 is 4.42 Å². The monoisotopic (exact) mass is 717 g/mol. The van der Waals surface area contributed by atoms with E-state index in [0.29, 0.717) is 17.5 Å². The number of benzene rings is 7. The van der Waals surface area contributed by atoms with E-state index in [9.17, 15) is 0 Å². The van der Waals surface area contributed by atoms with Crippen LogP contribution in [0.2, 0.25) is 0 Å². The Bertz CT molecular complexity index is 3210. The second-order valence-corrected chi connectivity index (χ2v) is 13.9. The molecular weight excluding hydrogens is 687 g/mol. The lowest BCUT2D eigenvalue weighted by Crippen LogP contribution is -2.00. The van der Waals surface area contributed by atoms with Crippen molar-refractivity contribution in [2.45, 2.75) is 0 Å². The smallest absolute Gasteiger partial charge is 0.164 e. The van der Waals surface area contributed by atoms with Gasteiger partial charge in [0.15, 0.2) is 17.5 Å². The summed E-state index contributed by atoms with van der Waals surface area (Å²) in [5.41, 5.74) is 12.3. The molecule has 0 spiro atoms. The first kappa shape index (κ1) is 31.8. The fourth-order valence-corrected chi connectivity index (χ4v) is 7.78. The van der Waals surface area contributed by atoms with Gasteiger partial charge in [-0.05, 0) is 70.8 Å². The van der Waals surface area contributed by atoms with E-state index >= 15 is 0 Å². The largest absolute Gasteiger partial charge is 0.456 e. The highest BCUT2D eigenvalue weighted by Gasteiger charge is 2.18.